The van der Waals surface area contributed by atoms with E-state index in [1.54, 1.807) is 14.0 Å². The minimum atomic E-state index is -0.943. The molecule has 3 rings (SSSR count). The molecule has 1 aromatic heterocycles. The molecule has 0 bridgehead atoms. The number of nitrogens with zero attached hydrogens (tertiary/aromatic N) is 1. The fourth-order valence-corrected chi connectivity index (χ4v) is 3.34. The van der Waals surface area contributed by atoms with Crippen LogP contribution in [-0.2, 0) is 4.74 Å². The fourth-order valence-electron chi connectivity index (χ4n) is 2.28. The number of ether oxygens (including phenoxy) is 2. The molecule has 1 saturated heterocycles. The zero-order chi connectivity index (χ0) is 13.6. The second kappa shape index (κ2) is 4.72. The van der Waals surface area contributed by atoms with Gasteiger partial charge >= 0.3 is 0 Å². The van der Waals surface area contributed by atoms with Crippen molar-refractivity contribution in [2.45, 2.75) is 31.3 Å². The fraction of sp³-hybridized carbons (Fsp3) is 0.462. The highest BCUT2D eigenvalue weighted by molar-refractivity contribution is 7.18. The minimum absolute atomic E-state index is 0.395. The Labute approximate surface area is 114 Å². The van der Waals surface area contributed by atoms with Crippen molar-refractivity contribution < 1.29 is 19.7 Å². The highest BCUT2D eigenvalue weighted by atomic mass is 32.1. The first-order valence-electron chi connectivity index (χ1n) is 6.07. The average molecular weight is 281 g/mol. The zero-order valence-electron chi connectivity index (χ0n) is 10.6. The summed E-state index contributed by atoms with van der Waals surface area (Å²) >= 11 is 1.44. The predicted molar refractivity (Wildman–Crippen MR) is 71.5 cm³/mol. The van der Waals surface area contributed by atoms with E-state index < -0.39 is 24.4 Å². The summed E-state index contributed by atoms with van der Waals surface area (Å²) in [6, 6.07) is 5.68. The Morgan fingerprint density at radius 3 is 2.74 bits per heavy atom. The summed E-state index contributed by atoms with van der Waals surface area (Å²) in [5.74, 6) is 0.695. The van der Waals surface area contributed by atoms with E-state index >= 15 is 0 Å². The summed E-state index contributed by atoms with van der Waals surface area (Å²) in [6.07, 6.45) is -2.79. The highest BCUT2D eigenvalue weighted by Gasteiger charge is 2.42. The standard InChI is InChI=1S/C13H15NO4S/c1-6-10(15)11(16)12(18-6)13-14-9-7(17-2)4-3-5-8(9)19-13/h3-6,10-12,15-16H,1-2H3. The van der Waals surface area contributed by atoms with Crippen LogP contribution in [0.5, 0.6) is 5.75 Å². The molecule has 4 unspecified atom stereocenters. The van der Waals surface area contributed by atoms with Gasteiger partial charge in [0.15, 0.2) is 0 Å². The Hall–Kier alpha value is -1.21. The summed E-state index contributed by atoms with van der Waals surface area (Å²) in [6.45, 7) is 1.74. The van der Waals surface area contributed by atoms with Crippen molar-refractivity contribution in [1.29, 1.82) is 0 Å². The molecule has 2 aromatic rings. The quantitative estimate of drug-likeness (QED) is 0.872. The molecule has 4 atom stereocenters. The van der Waals surface area contributed by atoms with Gasteiger partial charge in [0.1, 0.15) is 34.6 Å². The van der Waals surface area contributed by atoms with E-state index in [2.05, 4.69) is 4.98 Å². The van der Waals surface area contributed by atoms with Crippen molar-refractivity contribution in [2.24, 2.45) is 0 Å². The lowest BCUT2D eigenvalue weighted by Gasteiger charge is -2.11. The van der Waals surface area contributed by atoms with Crippen LogP contribution in [0.3, 0.4) is 0 Å². The van der Waals surface area contributed by atoms with Crippen LogP contribution in [0.1, 0.15) is 18.0 Å². The third-order valence-electron chi connectivity index (χ3n) is 3.36. The zero-order valence-corrected chi connectivity index (χ0v) is 11.4. The van der Waals surface area contributed by atoms with Gasteiger partial charge in [0, 0.05) is 0 Å². The van der Waals surface area contributed by atoms with Crippen LogP contribution < -0.4 is 4.74 Å². The molecule has 0 spiro atoms. The van der Waals surface area contributed by atoms with Crippen molar-refractivity contribution in [1.82, 2.24) is 4.98 Å². The van der Waals surface area contributed by atoms with Crippen molar-refractivity contribution in [3.8, 4) is 5.75 Å². The normalized spacial score (nSPS) is 30.9. The summed E-state index contributed by atoms with van der Waals surface area (Å²) < 4.78 is 11.8. The number of benzene rings is 1. The van der Waals surface area contributed by atoms with E-state index in [9.17, 15) is 10.2 Å². The van der Waals surface area contributed by atoms with Crippen molar-refractivity contribution >= 4 is 21.6 Å². The topological polar surface area (TPSA) is 71.8 Å². The minimum Gasteiger partial charge on any atom is -0.494 e. The molecule has 1 aliphatic rings. The van der Waals surface area contributed by atoms with Gasteiger partial charge in [-0.3, -0.25) is 0 Å². The van der Waals surface area contributed by atoms with E-state index in [-0.39, 0.29) is 0 Å². The van der Waals surface area contributed by atoms with Crippen LogP contribution in [0.25, 0.3) is 10.2 Å². The Balaban J connectivity index is 2.02. The van der Waals surface area contributed by atoms with Crippen LogP contribution in [-0.4, -0.2) is 40.6 Å². The Morgan fingerprint density at radius 2 is 2.11 bits per heavy atom. The second-order valence-electron chi connectivity index (χ2n) is 4.60. The maximum absolute atomic E-state index is 9.99. The van der Waals surface area contributed by atoms with E-state index in [4.69, 9.17) is 9.47 Å². The summed E-state index contributed by atoms with van der Waals surface area (Å²) in [7, 11) is 1.60. The molecule has 2 heterocycles. The maximum Gasteiger partial charge on any atom is 0.145 e. The van der Waals surface area contributed by atoms with Gasteiger partial charge in [-0.05, 0) is 19.1 Å². The van der Waals surface area contributed by atoms with Gasteiger partial charge in [-0.25, -0.2) is 4.98 Å². The smallest absolute Gasteiger partial charge is 0.145 e. The summed E-state index contributed by atoms with van der Waals surface area (Å²) in [5.41, 5.74) is 0.759. The average Bonchev–Trinajstić information content (AvgIpc) is 2.95. The van der Waals surface area contributed by atoms with Crippen LogP contribution in [0, 0.1) is 0 Å². The number of fused-ring (bicyclic) bond motifs is 1. The van der Waals surface area contributed by atoms with Crippen LogP contribution in [0.2, 0.25) is 0 Å². The third kappa shape index (κ3) is 2.01. The maximum atomic E-state index is 9.99. The van der Waals surface area contributed by atoms with Gasteiger partial charge in [0.05, 0.1) is 17.9 Å². The molecule has 6 heteroatoms. The third-order valence-corrected chi connectivity index (χ3v) is 4.45. The number of thiazole rings is 1. The Morgan fingerprint density at radius 1 is 1.32 bits per heavy atom. The molecule has 0 radical (unpaired) electrons. The lowest BCUT2D eigenvalue weighted by Crippen LogP contribution is -2.28. The molecule has 1 aliphatic heterocycles. The molecule has 0 amide bonds. The first kappa shape index (κ1) is 12.8. The van der Waals surface area contributed by atoms with Crippen LogP contribution >= 0.6 is 11.3 Å². The van der Waals surface area contributed by atoms with Crippen molar-refractivity contribution in [3.63, 3.8) is 0 Å². The van der Waals surface area contributed by atoms with Crippen molar-refractivity contribution in [3.05, 3.63) is 23.2 Å². The number of hydrogen-bond donors (Lipinski definition) is 2. The molecule has 0 saturated carbocycles. The molecule has 19 heavy (non-hydrogen) atoms. The molecule has 0 aliphatic carbocycles. The Bertz CT molecular complexity index is 599. The molecular formula is C13H15NO4S. The lowest BCUT2D eigenvalue weighted by molar-refractivity contribution is 0.0151. The van der Waals surface area contributed by atoms with Crippen molar-refractivity contribution in [2.75, 3.05) is 7.11 Å². The van der Waals surface area contributed by atoms with Gasteiger partial charge in [-0.15, -0.1) is 11.3 Å². The molecule has 5 nitrogen and oxygen atoms in total. The number of rotatable bonds is 2. The molecule has 1 aromatic carbocycles. The summed E-state index contributed by atoms with van der Waals surface area (Å²) in [5, 5.41) is 20.4. The molecular weight excluding hydrogens is 266 g/mol. The second-order valence-corrected chi connectivity index (χ2v) is 5.66. The summed E-state index contributed by atoms with van der Waals surface area (Å²) in [4.78, 5) is 4.48. The number of hydrogen-bond acceptors (Lipinski definition) is 6. The highest BCUT2D eigenvalue weighted by Crippen LogP contribution is 2.39. The predicted octanol–water partition coefficient (Wildman–Crippen LogP) is 1.49. The number of methoxy groups -OCH3 is 1. The molecule has 1 fully saturated rings. The van der Waals surface area contributed by atoms with Gasteiger partial charge in [0.2, 0.25) is 0 Å². The first-order chi connectivity index (χ1) is 9.11. The molecule has 2 N–H and O–H groups in total. The van der Waals surface area contributed by atoms with E-state index in [0.29, 0.717) is 10.8 Å². The molecule has 102 valence electrons. The van der Waals surface area contributed by atoms with Gasteiger partial charge < -0.3 is 19.7 Å². The van der Waals surface area contributed by atoms with Gasteiger partial charge in [-0.1, -0.05) is 6.07 Å². The first-order valence-corrected chi connectivity index (χ1v) is 6.88. The monoisotopic (exact) mass is 281 g/mol. The van der Waals surface area contributed by atoms with E-state index in [1.165, 1.54) is 11.3 Å². The van der Waals surface area contributed by atoms with Crippen LogP contribution in [0.4, 0.5) is 0 Å². The number of aliphatic hydroxyl groups excluding tert-OH is 2. The number of aromatic nitrogens is 1. The van der Waals surface area contributed by atoms with E-state index in [0.717, 1.165) is 10.2 Å². The largest absolute Gasteiger partial charge is 0.494 e. The SMILES string of the molecule is COc1cccc2sc(C3OC(C)C(O)C3O)nc12. The van der Waals surface area contributed by atoms with Crippen LogP contribution in [0.15, 0.2) is 18.2 Å². The lowest BCUT2D eigenvalue weighted by atomic mass is 10.1. The van der Waals surface area contributed by atoms with Gasteiger partial charge in [-0.2, -0.15) is 0 Å². The van der Waals surface area contributed by atoms with E-state index in [1.807, 2.05) is 18.2 Å². The van der Waals surface area contributed by atoms with Gasteiger partial charge in [0.25, 0.3) is 0 Å². The number of para-hydroxylation sites is 1. The number of aliphatic hydroxyl groups is 2. The Kier molecular flexibility index (Phi) is 3.18.